The minimum absolute atomic E-state index is 0.223. The van der Waals surface area contributed by atoms with Crippen LogP contribution >= 0.6 is 0 Å². The first kappa shape index (κ1) is 9.21. The van der Waals surface area contributed by atoms with Crippen LogP contribution in [0.3, 0.4) is 0 Å². The van der Waals surface area contributed by atoms with Crippen LogP contribution in [0.25, 0.3) is 5.52 Å². The third-order valence-corrected chi connectivity index (χ3v) is 2.38. The molecule has 0 aliphatic heterocycles. The maximum absolute atomic E-state index is 8.77. The van der Waals surface area contributed by atoms with Crippen molar-refractivity contribution in [1.29, 1.82) is 0 Å². The van der Waals surface area contributed by atoms with Gasteiger partial charge in [-0.3, -0.25) is 0 Å². The molecule has 2 rings (SSSR count). The van der Waals surface area contributed by atoms with Gasteiger partial charge in [-0.15, -0.1) is 0 Å². The van der Waals surface area contributed by atoms with Gasteiger partial charge in [0, 0.05) is 18.7 Å². The van der Waals surface area contributed by atoms with Gasteiger partial charge in [-0.2, -0.15) is 0 Å². The standard InChI is InChI=1S/C11H14N2O/c1-9-4-2-5-10-8-12-11(13(9)10)6-3-7-14/h2,4-5,8,14H,3,6-7H2,1H3. The maximum atomic E-state index is 8.77. The molecule has 0 amide bonds. The topological polar surface area (TPSA) is 37.5 Å². The summed E-state index contributed by atoms with van der Waals surface area (Å²) in [4.78, 5) is 4.35. The van der Waals surface area contributed by atoms with Crippen LogP contribution in [0.15, 0.2) is 24.4 Å². The summed E-state index contributed by atoms with van der Waals surface area (Å²) < 4.78 is 2.13. The fourth-order valence-corrected chi connectivity index (χ4v) is 1.70. The Kier molecular flexibility index (Phi) is 2.50. The van der Waals surface area contributed by atoms with Gasteiger partial charge in [0.05, 0.1) is 11.7 Å². The van der Waals surface area contributed by atoms with E-state index in [9.17, 15) is 0 Å². The Labute approximate surface area is 83.0 Å². The van der Waals surface area contributed by atoms with E-state index >= 15 is 0 Å². The molecule has 0 unspecified atom stereocenters. The van der Waals surface area contributed by atoms with Gasteiger partial charge >= 0.3 is 0 Å². The van der Waals surface area contributed by atoms with E-state index in [0.29, 0.717) is 0 Å². The lowest BCUT2D eigenvalue weighted by Crippen LogP contribution is -1.99. The van der Waals surface area contributed by atoms with Gasteiger partial charge in [0.1, 0.15) is 5.82 Å². The summed E-state index contributed by atoms with van der Waals surface area (Å²) in [5.74, 6) is 1.03. The first-order chi connectivity index (χ1) is 6.83. The van der Waals surface area contributed by atoms with E-state index in [1.807, 2.05) is 18.3 Å². The molecule has 0 saturated heterocycles. The number of aryl methyl sites for hydroxylation is 2. The summed E-state index contributed by atoms with van der Waals surface area (Å²) in [5, 5.41) is 8.77. The van der Waals surface area contributed by atoms with Crippen molar-refractivity contribution in [1.82, 2.24) is 9.38 Å². The molecule has 74 valence electrons. The van der Waals surface area contributed by atoms with Crippen LogP contribution in [-0.2, 0) is 6.42 Å². The Balaban J connectivity index is 2.45. The minimum Gasteiger partial charge on any atom is -0.396 e. The van der Waals surface area contributed by atoms with Crippen molar-refractivity contribution >= 4 is 5.52 Å². The molecule has 0 fully saturated rings. The quantitative estimate of drug-likeness (QED) is 0.797. The molecule has 0 aliphatic rings. The third-order valence-electron chi connectivity index (χ3n) is 2.38. The Morgan fingerprint density at radius 3 is 3.07 bits per heavy atom. The molecule has 2 heterocycles. The van der Waals surface area contributed by atoms with Crippen LogP contribution in [0.2, 0.25) is 0 Å². The molecule has 2 aromatic heterocycles. The number of hydrogen-bond donors (Lipinski definition) is 1. The van der Waals surface area contributed by atoms with Gasteiger partial charge in [0.2, 0.25) is 0 Å². The van der Waals surface area contributed by atoms with Crippen molar-refractivity contribution in [3.63, 3.8) is 0 Å². The Morgan fingerprint density at radius 1 is 1.43 bits per heavy atom. The first-order valence-electron chi connectivity index (χ1n) is 4.86. The second-order valence-corrected chi connectivity index (χ2v) is 3.43. The van der Waals surface area contributed by atoms with E-state index in [4.69, 9.17) is 5.11 Å². The Bertz CT molecular complexity index is 434. The molecule has 14 heavy (non-hydrogen) atoms. The molecule has 0 aliphatic carbocycles. The number of aliphatic hydroxyl groups excluding tert-OH is 1. The van der Waals surface area contributed by atoms with Gasteiger partial charge in [-0.25, -0.2) is 4.98 Å². The molecular formula is C11H14N2O. The largest absolute Gasteiger partial charge is 0.396 e. The zero-order valence-electron chi connectivity index (χ0n) is 8.27. The molecule has 2 aromatic rings. The number of imidazole rings is 1. The zero-order valence-corrected chi connectivity index (χ0v) is 8.27. The van der Waals surface area contributed by atoms with Crippen LogP contribution in [0, 0.1) is 6.92 Å². The lowest BCUT2D eigenvalue weighted by atomic mass is 10.3. The third kappa shape index (κ3) is 1.51. The maximum Gasteiger partial charge on any atom is 0.113 e. The second kappa shape index (κ2) is 3.80. The van der Waals surface area contributed by atoms with Crippen molar-refractivity contribution in [3.05, 3.63) is 35.9 Å². The lowest BCUT2D eigenvalue weighted by Gasteiger charge is -2.03. The number of fused-ring (bicyclic) bond motifs is 1. The van der Waals surface area contributed by atoms with E-state index in [1.54, 1.807) is 0 Å². The highest BCUT2D eigenvalue weighted by atomic mass is 16.2. The Hall–Kier alpha value is -1.35. The fraction of sp³-hybridized carbons (Fsp3) is 0.364. The molecule has 0 spiro atoms. The van der Waals surface area contributed by atoms with Crippen LogP contribution in [0.5, 0.6) is 0 Å². The number of aliphatic hydroxyl groups is 1. The van der Waals surface area contributed by atoms with Crippen molar-refractivity contribution in [3.8, 4) is 0 Å². The predicted octanol–water partition coefficient (Wildman–Crippen LogP) is 1.57. The van der Waals surface area contributed by atoms with Gasteiger partial charge in [0.25, 0.3) is 0 Å². The van der Waals surface area contributed by atoms with Crippen molar-refractivity contribution < 1.29 is 5.11 Å². The Morgan fingerprint density at radius 2 is 2.29 bits per heavy atom. The molecular weight excluding hydrogens is 176 g/mol. The normalized spacial score (nSPS) is 11.0. The summed E-state index contributed by atoms with van der Waals surface area (Å²) in [6.45, 7) is 2.29. The van der Waals surface area contributed by atoms with E-state index in [2.05, 4.69) is 22.4 Å². The lowest BCUT2D eigenvalue weighted by molar-refractivity contribution is 0.287. The van der Waals surface area contributed by atoms with Crippen LogP contribution in [0.1, 0.15) is 17.9 Å². The summed E-state index contributed by atoms with van der Waals surface area (Å²) in [6, 6.07) is 6.14. The van der Waals surface area contributed by atoms with Crippen molar-refractivity contribution in [2.75, 3.05) is 6.61 Å². The average molecular weight is 190 g/mol. The average Bonchev–Trinajstić information content (AvgIpc) is 2.59. The van der Waals surface area contributed by atoms with Crippen LogP contribution in [0.4, 0.5) is 0 Å². The molecule has 3 heteroatoms. The molecule has 0 aromatic carbocycles. The summed E-state index contributed by atoms with van der Waals surface area (Å²) >= 11 is 0. The minimum atomic E-state index is 0.223. The summed E-state index contributed by atoms with van der Waals surface area (Å²) in [6.07, 6.45) is 3.47. The van der Waals surface area contributed by atoms with Crippen molar-refractivity contribution in [2.24, 2.45) is 0 Å². The molecule has 0 bridgehead atoms. The highest BCUT2D eigenvalue weighted by molar-refractivity contribution is 5.47. The molecule has 3 nitrogen and oxygen atoms in total. The smallest absolute Gasteiger partial charge is 0.113 e. The number of pyridine rings is 1. The summed E-state index contributed by atoms with van der Waals surface area (Å²) in [7, 11) is 0. The zero-order chi connectivity index (χ0) is 9.97. The van der Waals surface area contributed by atoms with Crippen LogP contribution in [-0.4, -0.2) is 21.1 Å². The van der Waals surface area contributed by atoms with E-state index < -0.39 is 0 Å². The molecule has 0 atom stereocenters. The van der Waals surface area contributed by atoms with Gasteiger partial charge in [0.15, 0.2) is 0 Å². The first-order valence-corrected chi connectivity index (χ1v) is 4.86. The van der Waals surface area contributed by atoms with E-state index in [0.717, 1.165) is 24.2 Å². The highest BCUT2D eigenvalue weighted by Crippen LogP contribution is 2.11. The highest BCUT2D eigenvalue weighted by Gasteiger charge is 2.03. The summed E-state index contributed by atoms with van der Waals surface area (Å²) in [5.41, 5.74) is 2.31. The number of rotatable bonds is 3. The molecule has 1 N–H and O–H groups in total. The number of hydrogen-bond acceptors (Lipinski definition) is 2. The second-order valence-electron chi connectivity index (χ2n) is 3.43. The van der Waals surface area contributed by atoms with Gasteiger partial charge in [-0.1, -0.05) is 6.07 Å². The SMILES string of the molecule is Cc1cccc2cnc(CCCO)n12. The molecule has 0 radical (unpaired) electrons. The van der Waals surface area contributed by atoms with Gasteiger partial charge in [-0.05, 0) is 25.5 Å². The van der Waals surface area contributed by atoms with Crippen LogP contribution < -0.4 is 0 Å². The monoisotopic (exact) mass is 190 g/mol. The fourth-order valence-electron chi connectivity index (χ4n) is 1.70. The predicted molar refractivity (Wildman–Crippen MR) is 55.3 cm³/mol. The molecule has 0 saturated carbocycles. The van der Waals surface area contributed by atoms with E-state index in [1.165, 1.54) is 5.69 Å². The van der Waals surface area contributed by atoms with Crippen molar-refractivity contribution in [2.45, 2.75) is 19.8 Å². The number of nitrogens with zero attached hydrogens (tertiary/aromatic N) is 2. The van der Waals surface area contributed by atoms with Gasteiger partial charge < -0.3 is 9.51 Å². The van der Waals surface area contributed by atoms with E-state index in [-0.39, 0.29) is 6.61 Å². The number of aromatic nitrogens is 2.